The third-order valence-corrected chi connectivity index (χ3v) is 3.34. The SMILES string of the molecule is COCC(Cc1ccccc1)NC(=O)c1ccc(C)cc1. The molecule has 0 saturated heterocycles. The van der Waals surface area contributed by atoms with Gasteiger partial charge in [0.2, 0.25) is 0 Å². The van der Waals surface area contributed by atoms with Gasteiger partial charge in [-0.25, -0.2) is 0 Å². The minimum atomic E-state index is -0.0621. The summed E-state index contributed by atoms with van der Waals surface area (Å²) in [5.41, 5.74) is 3.00. The van der Waals surface area contributed by atoms with E-state index in [0.717, 1.165) is 12.0 Å². The van der Waals surface area contributed by atoms with Crippen molar-refractivity contribution in [2.75, 3.05) is 13.7 Å². The Morgan fingerprint density at radius 1 is 1.10 bits per heavy atom. The van der Waals surface area contributed by atoms with Crippen LogP contribution in [-0.4, -0.2) is 25.7 Å². The Hall–Kier alpha value is -2.13. The Labute approximate surface area is 126 Å². The summed E-state index contributed by atoms with van der Waals surface area (Å²) in [6.07, 6.45) is 0.756. The highest BCUT2D eigenvalue weighted by molar-refractivity contribution is 5.94. The zero-order valence-corrected chi connectivity index (χ0v) is 12.5. The van der Waals surface area contributed by atoms with Crippen LogP contribution in [0.2, 0.25) is 0 Å². The first kappa shape index (κ1) is 15.3. The van der Waals surface area contributed by atoms with E-state index in [1.807, 2.05) is 49.4 Å². The van der Waals surface area contributed by atoms with E-state index in [4.69, 9.17) is 4.74 Å². The van der Waals surface area contributed by atoms with Crippen LogP contribution < -0.4 is 5.32 Å². The predicted molar refractivity (Wildman–Crippen MR) is 84.5 cm³/mol. The van der Waals surface area contributed by atoms with E-state index in [0.29, 0.717) is 12.2 Å². The van der Waals surface area contributed by atoms with Crippen LogP contribution in [0.4, 0.5) is 0 Å². The molecule has 0 bridgehead atoms. The molecule has 2 aromatic carbocycles. The Morgan fingerprint density at radius 2 is 1.76 bits per heavy atom. The van der Waals surface area contributed by atoms with Crippen molar-refractivity contribution in [1.29, 1.82) is 0 Å². The van der Waals surface area contributed by atoms with Crippen LogP contribution in [0.25, 0.3) is 0 Å². The number of benzene rings is 2. The van der Waals surface area contributed by atoms with Gasteiger partial charge in [-0.05, 0) is 31.0 Å². The largest absolute Gasteiger partial charge is 0.383 e. The van der Waals surface area contributed by atoms with E-state index < -0.39 is 0 Å². The van der Waals surface area contributed by atoms with Crippen LogP contribution in [0.15, 0.2) is 54.6 Å². The molecule has 0 aromatic heterocycles. The van der Waals surface area contributed by atoms with Crippen LogP contribution in [0.5, 0.6) is 0 Å². The second-order valence-corrected chi connectivity index (χ2v) is 5.18. The molecule has 1 N–H and O–H groups in total. The Morgan fingerprint density at radius 3 is 2.38 bits per heavy atom. The molecule has 0 spiro atoms. The summed E-state index contributed by atoms with van der Waals surface area (Å²) in [7, 11) is 1.65. The second kappa shape index (κ2) is 7.60. The molecule has 0 saturated carbocycles. The van der Waals surface area contributed by atoms with Crippen molar-refractivity contribution in [3.8, 4) is 0 Å². The van der Waals surface area contributed by atoms with Crippen LogP contribution in [0.1, 0.15) is 21.5 Å². The van der Waals surface area contributed by atoms with Gasteiger partial charge < -0.3 is 10.1 Å². The molecule has 1 unspecified atom stereocenters. The minimum absolute atomic E-state index is 0.0359. The summed E-state index contributed by atoms with van der Waals surface area (Å²) in [5.74, 6) is -0.0621. The van der Waals surface area contributed by atoms with Crippen molar-refractivity contribution in [2.24, 2.45) is 0 Å². The normalized spacial score (nSPS) is 11.9. The van der Waals surface area contributed by atoms with E-state index in [2.05, 4.69) is 17.4 Å². The first-order valence-electron chi connectivity index (χ1n) is 7.09. The topological polar surface area (TPSA) is 38.3 Å². The molecule has 0 radical (unpaired) electrons. The second-order valence-electron chi connectivity index (χ2n) is 5.18. The molecule has 0 heterocycles. The number of rotatable bonds is 6. The summed E-state index contributed by atoms with van der Waals surface area (Å²) in [5, 5.41) is 3.04. The number of hydrogen-bond acceptors (Lipinski definition) is 2. The van der Waals surface area contributed by atoms with Crippen molar-refractivity contribution in [3.05, 3.63) is 71.3 Å². The third kappa shape index (κ3) is 4.72. The number of amides is 1. The molecule has 0 aliphatic carbocycles. The van der Waals surface area contributed by atoms with Gasteiger partial charge in [0.15, 0.2) is 0 Å². The lowest BCUT2D eigenvalue weighted by Crippen LogP contribution is -2.39. The Kier molecular flexibility index (Phi) is 5.52. The monoisotopic (exact) mass is 283 g/mol. The molecule has 0 aliphatic rings. The average Bonchev–Trinajstić information content (AvgIpc) is 2.49. The number of ether oxygens (including phenoxy) is 1. The average molecular weight is 283 g/mol. The van der Waals surface area contributed by atoms with Gasteiger partial charge in [-0.3, -0.25) is 4.79 Å². The van der Waals surface area contributed by atoms with Gasteiger partial charge in [0.1, 0.15) is 0 Å². The van der Waals surface area contributed by atoms with Crippen LogP contribution >= 0.6 is 0 Å². The Bertz CT molecular complexity index is 564. The molecular weight excluding hydrogens is 262 g/mol. The van der Waals surface area contributed by atoms with E-state index in [9.17, 15) is 4.79 Å². The molecule has 110 valence electrons. The minimum Gasteiger partial charge on any atom is -0.383 e. The molecule has 0 fully saturated rings. The highest BCUT2D eigenvalue weighted by Gasteiger charge is 2.14. The molecule has 1 amide bonds. The number of carbonyl (C=O) groups is 1. The summed E-state index contributed by atoms with van der Waals surface area (Å²) in [6.45, 7) is 2.50. The number of nitrogens with one attached hydrogen (secondary N) is 1. The van der Waals surface area contributed by atoms with E-state index in [1.165, 1.54) is 5.56 Å². The lowest BCUT2D eigenvalue weighted by Gasteiger charge is -2.18. The fraction of sp³-hybridized carbons (Fsp3) is 0.278. The standard InChI is InChI=1S/C18H21NO2/c1-14-8-10-16(11-9-14)18(20)19-17(13-21-2)12-15-6-4-3-5-7-15/h3-11,17H,12-13H2,1-2H3,(H,19,20). The number of methoxy groups -OCH3 is 1. The smallest absolute Gasteiger partial charge is 0.251 e. The van der Waals surface area contributed by atoms with Gasteiger partial charge in [-0.2, -0.15) is 0 Å². The van der Waals surface area contributed by atoms with Gasteiger partial charge in [-0.1, -0.05) is 48.0 Å². The highest BCUT2D eigenvalue weighted by Crippen LogP contribution is 2.07. The quantitative estimate of drug-likeness (QED) is 0.885. The maximum Gasteiger partial charge on any atom is 0.251 e. The van der Waals surface area contributed by atoms with Crippen LogP contribution in [-0.2, 0) is 11.2 Å². The van der Waals surface area contributed by atoms with E-state index in [-0.39, 0.29) is 11.9 Å². The molecule has 3 heteroatoms. The van der Waals surface area contributed by atoms with Crippen LogP contribution in [0, 0.1) is 6.92 Å². The van der Waals surface area contributed by atoms with Crippen LogP contribution in [0.3, 0.4) is 0 Å². The summed E-state index contributed by atoms with van der Waals surface area (Å²) >= 11 is 0. The number of carbonyl (C=O) groups excluding carboxylic acids is 1. The summed E-state index contributed by atoms with van der Waals surface area (Å²) < 4.78 is 5.22. The van der Waals surface area contributed by atoms with E-state index >= 15 is 0 Å². The molecule has 21 heavy (non-hydrogen) atoms. The molecule has 2 aromatic rings. The predicted octanol–water partition coefficient (Wildman–Crippen LogP) is 2.98. The lowest BCUT2D eigenvalue weighted by molar-refractivity contribution is 0.0897. The third-order valence-electron chi connectivity index (χ3n) is 3.34. The van der Waals surface area contributed by atoms with Crippen molar-refractivity contribution < 1.29 is 9.53 Å². The van der Waals surface area contributed by atoms with Crippen molar-refractivity contribution >= 4 is 5.91 Å². The fourth-order valence-electron chi connectivity index (χ4n) is 2.23. The van der Waals surface area contributed by atoms with Crippen molar-refractivity contribution in [2.45, 2.75) is 19.4 Å². The highest BCUT2D eigenvalue weighted by atomic mass is 16.5. The molecular formula is C18H21NO2. The number of aryl methyl sites for hydroxylation is 1. The first-order valence-corrected chi connectivity index (χ1v) is 7.09. The van der Waals surface area contributed by atoms with Crippen molar-refractivity contribution in [1.82, 2.24) is 5.32 Å². The maximum atomic E-state index is 12.3. The van der Waals surface area contributed by atoms with Gasteiger partial charge >= 0.3 is 0 Å². The van der Waals surface area contributed by atoms with E-state index in [1.54, 1.807) is 7.11 Å². The fourth-order valence-corrected chi connectivity index (χ4v) is 2.23. The summed E-state index contributed by atoms with van der Waals surface area (Å²) in [4.78, 5) is 12.3. The Balaban J connectivity index is 2.02. The first-order chi connectivity index (χ1) is 10.2. The lowest BCUT2D eigenvalue weighted by atomic mass is 10.1. The zero-order chi connectivity index (χ0) is 15.1. The zero-order valence-electron chi connectivity index (χ0n) is 12.5. The van der Waals surface area contributed by atoms with Gasteiger partial charge in [0.25, 0.3) is 5.91 Å². The van der Waals surface area contributed by atoms with Gasteiger partial charge in [0.05, 0.1) is 12.6 Å². The molecule has 3 nitrogen and oxygen atoms in total. The molecule has 2 rings (SSSR count). The van der Waals surface area contributed by atoms with Crippen molar-refractivity contribution in [3.63, 3.8) is 0 Å². The molecule has 1 atom stereocenters. The van der Waals surface area contributed by atoms with Gasteiger partial charge in [-0.15, -0.1) is 0 Å². The van der Waals surface area contributed by atoms with Gasteiger partial charge in [0, 0.05) is 12.7 Å². The maximum absolute atomic E-state index is 12.3. The molecule has 0 aliphatic heterocycles. The summed E-state index contributed by atoms with van der Waals surface area (Å²) in [6, 6.07) is 17.6. The number of hydrogen-bond donors (Lipinski definition) is 1.